The maximum absolute atomic E-state index is 13.7. The van der Waals surface area contributed by atoms with Crippen LogP contribution in [-0.2, 0) is 0 Å². The van der Waals surface area contributed by atoms with Crippen LogP contribution in [0.3, 0.4) is 0 Å². The topological polar surface area (TPSA) is 50.9 Å². The Bertz CT molecular complexity index is 537. The Hall–Kier alpha value is -1.85. The molecule has 2 rings (SSSR count). The number of hydrogen-bond acceptors (Lipinski definition) is 3. The molecule has 1 atom stereocenters. The predicted octanol–water partition coefficient (Wildman–Crippen LogP) is 2.22. The zero-order valence-electron chi connectivity index (χ0n) is 9.82. The van der Waals surface area contributed by atoms with Crippen molar-refractivity contribution >= 4 is 0 Å². The second-order valence-electron chi connectivity index (χ2n) is 3.91. The average Bonchev–Trinajstić information content (AvgIpc) is 2.35. The van der Waals surface area contributed by atoms with Crippen LogP contribution in [0.2, 0.25) is 0 Å². The lowest BCUT2D eigenvalue weighted by molar-refractivity contribution is 0.509. The quantitative estimate of drug-likeness (QED) is 0.647. The molecule has 0 bridgehead atoms. The predicted molar refractivity (Wildman–Crippen MR) is 64.5 cm³/mol. The molecular weight excluding hydrogens is 236 g/mol. The van der Waals surface area contributed by atoms with Gasteiger partial charge in [0.25, 0.3) is 0 Å². The lowest BCUT2D eigenvalue weighted by Gasteiger charge is -2.19. The van der Waals surface area contributed by atoms with E-state index in [1.54, 1.807) is 25.3 Å². The number of hydrazine groups is 1. The summed E-state index contributed by atoms with van der Waals surface area (Å²) in [6.07, 6.45) is 1.62. The molecule has 1 aromatic carbocycles. The zero-order chi connectivity index (χ0) is 13.1. The molecule has 0 saturated carbocycles. The highest BCUT2D eigenvalue weighted by molar-refractivity contribution is 5.35. The summed E-state index contributed by atoms with van der Waals surface area (Å²) < 4.78 is 27.5. The number of aromatic nitrogens is 1. The molecule has 94 valence electrons. The van der Waals surface area contributed by atoms with E-state index in [1.165, 1.54) is 18.2 Å². The van der Waals surface area contributed by atoms with E-state index >= 15 is 0 Å². The van der Waals surface area contributed by atoms with Crippen molar-refractivity contribution in [3.63, 3.8) is 0 Å². The van der Waals surface area contributed by atoms with Crippen LogP contribution < -0.4 is 11.3 Å². The summed E-state index contributed by atoms with van der Waals surface area (Å²) in [6, 6.07) is 6.39. The highest BCUT2D eigenvalue weighted by Gasteiger charge is 2.22. The van der Waals surface area contributed by atoms with Crippen molar-refractivity contribution in [2.45, 2.75) is 13.0 Å². The Balaban J connectivity index is 2.56. The van der Waals surface area contributed by atoms with E-state index < -0.39 is 17.7 Å². The molecule has 0 radical (unpaired) electrons. The molecule has 3 nitrogen and oxygen atoms in total. The third-order valence-electron chi connectivity index (χ3n) is 2.81. The fourth-order valence-corrected chi connectivity index (χ4v) is 1.92. The lowest BCUT2D eigenvalue weighted by atomic mass is 9.97. The van der Waals surface area contributed by atoms with Gasteiger partial charge in [-0.05, 0) is 30.7 Å². The van der Waals surface area contributed by atoms with Crippen molar-refractivity contribution in [1.82, 2.24) is 10.4 Å². The number of pyridine rings is 1. The number of rotatable bonds is 3. The molecule has 0 saturated heterocycles. The number of nitrogens with zero attached hydrogens (tertiary/aromatic N) is 1. The van der Waals surface area contributed by atoms with Gasteiger partial charge in [0.1, 0.15) is 11.6 Å². The van der Waals surface area contributed by atoms with Gasteiger partial charge in [0.15, 0.2) is 0 Å². The Morgan fingerprint density at radius 1 is 1.17 bits per heavy atom. The molecule has 0 aliphatic heterocycles. The highest BCUT2D eigenvalue weighted by atomic mass is 19.1. The molecule has 2 aromatic rings. The van der Waals surface area contributed by atoms with E-state index in [4.69, 9.17) is 5.84 Å². The largest absolute Gasteiger partial charge is 0.271 e. The van der Waals surface area contributed by atoms with Gasteiger partial charge in [-0.3, -0.25) is 10.8 Å². The van der Waals surface area contributed by atoms with Crippen LogP contribution in [0, 0.1) is 18.6 Å². The molecule has 3 N–H and O–H groups in total. The lowest BCUT2D eigenvalue weighted by Crippen LogP contribution is -2.31. The SMILES string of the molecule is Cc1ncccc1C(NN)c1c(F)cccc1F. The maximum atomic E-state index is 13.7. The van der Waals surface area contributed by atoms with E-state index in [9.17, 15) is 8.78 Å². The number of aryl methyl sites for hydroxylation is 1. The molecular formula is C13H13F2N3. The van der Waals surface area contributed by atoms with Crippen LogP contribution in [0.1, 0.15) is 22.9 Å². The van der Waals surface area contributed by atoms with E-state index in [1.807, 2.05) is 0 Å². The molecule has 0 spiro atoms. The van der Waals surface area contributed by atoms with Crippen molar-refractivity contribution in [3.05, 3.63) is 65.0 Å². The van der Waals surface area contributed by atoms with E-state index in [-0.39, 0.29) is 5.56 Å². The molecule has 1 aromatic heterocycles. The fourth-order valence-electron chi connectivity index (χ4n) is 1.92. The van der Waals surface area contributed by atoms with Crippen LogP contribution in [0.25, 0.3) is 0 Å². The van der Waals surface area contributed by atoms with Crippen molar-refractivity contribution in [2.75, 3.05) is 0 Å². The third kappa shape index (κ3) is 2.23. The first-order chi connectivity index (χ1) is 8.65. The summed E-state index contributed by atoms with van der Waals surface area (Å²) in [5, 5.41) is 0. The van der Waals surface area contributed by atoms with Gasteiger partial charge < -0.3 is 0 Å². The van der Waals surface area contributed by atoms with Crippen molar-refractivity contribution in [3.8, 4) is 0 Å². The Morgan fingerprint density at radius 2 is 1.83 bits per heavy atom. The second-order valence-corrected chi connectivity index (χ2v) is 3.91. The van der Waals surface area contributed by atoms with Crippen LogP contribution in [0.15, 0.2) is 36.5 Å². The normalized spacial score (nSPS) is 12.4. The van der Waals surface area contributed by atoms with Crippen molar-refractivity contribution in [2.24, 2.45) is 5.84 Å². The van der Waals surface area contributed by atoms with E-state index in [0.29, 0.717) is 11.3 Å². The molecule has 0 fully saturated rings. The highest BCUT2D eigenvalue weighted by Crippen LogP contribution is 2.27. The molecule has 5 heteroatoms. The molecule has 0 aliphatic rings. The zero-order valence-corrected chi connectivity index (χ0v) is 9.82. The van der Waals surface area contributed by atoms with Gasteiger partial charge in [-0.1, -0.05) is 12.1 Å². The van der Waals surface area contributed by atoms with Gasteiger partial charge in [-0.25, -0.2) is 14.2 Å². The van der Waals surface area contributed by atoms with Crippen molar-refractivity contribution in [1.29, 1.82) is 0 Å². The number of nitrogens with one attached hydrogen (secondary N) is 1. The molecule has 18 heavy (non-hydrogen) atoms. The standard InChI is InChI=1S/C13H13F2N3/c1-8-9(4-3-7-17-8)13(18-16)12-10(14)5-2-6-11(12)15/h2-7,13,18H,16H2,1H3. The van der Waals surface area contributed by atoms with Crippen LogP contribution in [0.4, 0.5) is 8.78 Å². The molecule has 0 aliphatic carbocycles. The van der Waals surface area contributed by atoms with Gasteiger partial charge in [-0.15, -0.1) is 0 Å². The summed E-state index contributed by atoms with van der Waals surface area (Å²) in [7, 11) is 0. The number of nitrogens with two attached hydrogens (primary N) is 1. The summed E-state index contributed by atoms with van der Waals surface area (Å²) in [5.41, 5.74) is 3.65. The Morgan fingerprint density at radius 3 is 2.39 bits per heavy atom. The maximum Gasteiger partial charge on any atom is 0.131 e. The molecule has 1 unspecified atom stereocenters. The minimum Gasteiger partial charge on any atom is -0.271 e. The van der Waals surface area contributed by atoms with Crippen LogP contribution in [-0.4, -0.2) is 4.98 Å². The molecule has 0 amide bonds. The number of hydrogen-bond donors (Lipinski definition) is 2. The average molecular weight is 249 g/mol. The monoisotopic (exact) mass is 249 g/mol. The second kappa shape index (κ2) is 5.20. The smallest absolute Gasteiger partial charge is 0.131 e. The van der Waals surface area contributed by atoms with Gasteiger partial charge in [0.2, 0.25) is 0 Å². The van der Waals surface area contributed by atoms with Gasteiger partial charge in [0.05, 0.1) is 6.04 Å². The van der Waals surface area contributed by atoms with E-state index in [0.717, 1.165) is 0 Å². The van der Waals surface area contributed by atoms with Gasteiger partial charge in [-0.2, -0.15) is 0 Å². The number of halogens is 2. The minimum absolute atomic E-state index is 0.101. The summed E-state index contributed by atoms with van der Waals surface area (Å²) in [5.74, 6) is 4.16. The number of benzene rings is 1. The first-order valence-electron chi connectivity index (χ1n) is 5.46. The van der Waals surface area contributed by atoms with E-state index in [2.05, 4.69) is 10.4 Å². The first kappa shape index (κ1) is 12.6. The van der Waals surface area contributed by atoms with Gasteiger partial charge in [0, 0.05) is 17.5 Å². The Labute approximate surface area is 104 Å². The summed E-state index contributed by atoms with van der Waals surface area (Å²) in [4.78, 5) is 4.09. The third-order valence-corrected chi connectivity index (χ3v) is 2.81. The summed E-state index contributed by atoms with van der Waals surface area (Å²) >= 11 is 0. The van der Waals surface area contributed by atoms with Gasteiger partial charge >= 0.3 is 0 Å². The van der Waals surface area contributed by atoms with Crippen molar-refractivity contribution < 1.29 is 8.78 Å². The van der Waals surface area contributed by atoms with Crippen LogP contribution >= 0.6 is 0 Å². The fraction of sp³-hybridized carbons (Fsp3) is 0.154. The molecule has 1 heterocycles. The minimum atomic E-state index is -0.764. The Kier molecular flexibility index (Phi) is 3.64. The van der Waals surface area contributed by atoms with Crippen LogP contribution in [0.5, 0.6) is 0 Å². The first-order valence-corrected chi connectivity index (χ1v) is 5.46. The summed E-state index contributed by atoms with van der Waals surface area (Å²) in [6.45, 7) is 1.76.